The summed E-state index contributed by atoms with van der Waals surface area (Å²) in [5.74, 6) is -3.30. The summed E-state index contributed by atoms with van der Waals surface area (Å²) in [5, 5.41) is 20.3. The van der Waals surface area contributed by atoms with Crippen molar-refractivity contribution in [1.29, 1.82) is 0 Å². The van der Waals surface area contributed by atoms with E-state index in [2.05, 4.69) is 42.2 Å². The van der Waals surface area contributed by atoms with E-state index in [-0.39, 0.29) is 62.6 Å². The highest BCUT2D eigenvalue weighted by Gasteiger charge is 2.41. The van der Waals surface area contributed by atoms with E-state index in [9.17, 15) is 38.4 Å². The van der Waals surface area contributed by atoms with Crippen LogP contribution in [0.3, 0.4) is 0 Å². The second kappa shape index (κ2) is 28.9. The van der Waals surface area contributed by atoms with Crippen LogP contribution in [0.1, 0.15) is 101 Å². The highest BCUT2D eigenvalue weighted by atomic mass is 32.2. The van der Waals surface area contributed by atoms with Crippen LogP contribution in [0.15, 0.2) is 97.2 Å². The van der Waals surface area contributed by atoms with Crippen molar-refractivity contribution in [2.24, 2.45) is 0 Å². The van der Waals surface area contributed by atoms with Crippen molar-refractivity contribution < 1.29 is 57.3 Å². The molecule has 434 valence electrons. The SMILES string of the molecule is COC(=O)[C@H](Cc1ccc(OCCNC(=O)OC(C)(C)C)cc1)NC(=O)[C@@H](NC(=O)[C@H](CCCCNC(C)=O)NC(=O)[C@H](Cc1c[nH]c2c(C)cccc12)NC(=O)OCC1c2ccccc2-c2ccccc21)C(C)(C)SCNC(C)=O. The summed E-state index contributed by atoms with van der Waals surface area (Å²) in [6, 6.07) is 23.2. The lowest BCUT2D eigenvalue weighted by atomic mass is 9.98. The maximum atomic E-state index is 14.9. The van der Waals surface area contributed by atoms with Gasteiger partial charge in [0.25, 0.3) is 0 Å². The van der Waals surface area contributed by atoms with Crippen LogP contribution in [-0.4, -0.2) is 126 Å². The van der Waals surface area contributed by atoms with Crippen LogP contribution in [0, 0.1) is 6.92 Å². The fourth-order valence-electron chi connectivity index (χ4n) is 9.41. The number of ether oxygens (including phenoxy) is 4. The maximum absolute atomic E-state index is 14.9. The average molecular weight is 1130 g/mol. The largest absolute Gasteiger partial charge is 0.492 e. The number of nitrogens with one attached hydrogen (secondary N) is 8. The van der Waals surface area contributed by atoms with Crippen molar-refractivity contribution in [2.45, 2.75) is 128 Å². The lowest BCUT2D eigenvalue weighted by Gasteiger charge is -2.35. The third kappa shape index (κ3) is 18.2. The van der Waals surface area contributed by atoms with E-state index in [4.69, 9.17) is 18.9 Å². The van der Waals surface area contributed by atoms with E-state index in [0.29, 0.717) is 36.3 Å². The fourth-order valence-corrected chi connectivity index (χ4v) is 10.4. The number of benzene rings is 4. The van der Waals surface area contributed by atoms with Crippen molar-refractivity contribution in [3.8, 4) is 16.9 Å². The Morgan fingerprint density at radius 3 is 1.94 bits per heavy atom. The van der Waals surface area contributed by atoms with Gasteiger partial charge in [0.15, 0.2) is 0 Å². The predicted octanol–water partition coefficient (Wildman–Crippen LogP) is 6.61. The smallest absolute Gasteiger partial charge is 0.407 e. The first kappa shape index (κ1) is 62.1. The maximum Gasteiger partial charge on any atom is 0.407 e. The van der Waals surface area contributed by atoms with E-state index in [1.807, 2.05) is 73.7 Å². The fraction of sp³-hybridized carbons (Fsp3) is 0.433. The van der Waals surface area contributed by atoms with Gasteiger partial charge in [-0.3, -0.25) is 24.0 Å². The molecule has 0 saturated heterocycles. The third-order valence-corrected chi connectivity index (χ3v) is 14.8. The highest BCUT2D eigenvalue weighted by molar-refractivity contribution is 8.00. The Labute approximate surface area is 477 Å². The number of amides is 7. The van der Waals surface area contributed by atoms with Gasteiger partial charge in [0.2, 0.25) is 29.5 Å². The quantitative estimate of drug-likeness (QED) is 0.0119. The number of thioether (sulfide) groups is 1. The number of aromatic nitrogens is 1. The Bertz CT molecular complexity index is 2980. The molecule has 5 aromatic rings. The Kier molecular flexibility index (Phi) is 22.2. The number of unbranched alkanes of at least 4 members (excludes halogenated alkanes) is 1. The van der Waals surface area contributed by atoms with Gasteiger partial charge in [0, 0.05) is 61.0 Å². The van der Waals surface area contributed by atoms with Crippen LogP contribution in [0.5, 0.6) is 5.75 Å². The molecule has 0 saturated carbocycles. The van der Waals surface area contributed by atoms with Crippen molar-refractivity contribution in [2.75, 3.05) is 39.3 Å². The zero-order chi connectivity index (χ0) is 58.9. The number of fused-ring (bicyclic) bond motifs is 4. The molecule has 7 amide bonds. The van der Waals surface area contributed by atoms with Gasteiger partial charge in [-0.2, -0.15) is 0 Å². The first-order valence-electron chi connectivity index (χ1n) is 27.0. The summed E-state index contributed by atoms with van der Waals surface area (Å²) in [5.41, 5.74) is 6.62. The number of aryl methyl sites for hydroxylation is 1. The molecule has 1 aliphatic carbocycles. The zero-order valence-electron chi connectivity index (χ0n) is 47.5. The van der Waals surface area contributed by atoms with Crippen molar-refractivity contribution in [1.82, 2.24) is 42.2 Å². The summed E-state index contributed by atoms with van der Waals surface area (Å²) in [4.78, 5) is 111. The topological polar surface area (TPSA) is 273 Å². The van der Waals surface area contributed by atoms with Crippen LogP contribution in [-0.2, 0) is 55.8 Å². The monoisotopic (exact) mass is 1130 g/mol. The van der Waals surface area contributed by atoms with Crippen LogP contribution in [0.2, 0.25) is 0 Å². The molecule has 81 heavy (non-hydrogen) atoms. The van der Waals surface area contributed by atoms with Gasteiger partial charge in [-0.15, -0.1) is 11.8 Å². The molecule has 0 radical (unpaired) electrons. The number of methoxy groups -OCH3 is 1. The minimum atomic E-state index is -1.40. The number of carbonyl (C=O) groups is 8. The molecule has 0 bridgehead atoms. The Morgan fingerprint density at radius 2 is 1.30 bits per heavy atom. The lowest BCUT2D eigenvalue weighted by molar-refractivity contribution is -0.145. The Balaban J connectivity index is 1.23. The molecule has 1 aliphatic rings. The van der Waals surface area contributed by atoms with Crippen LogP contribution in [0.4, 0.5) is 9.59 Å². The van der Waals surface area contributed by atoms with Crippen LogP contribution < -0.4 is 42.0 Å². The summed E-state index contributed by atoms with van der Waals surface area (Å²) in [6.07, 6.45) is 1.11. The molecule has 0 spiro atoms. The minimum absolute atomic E-state index is 0.00774. The molecule has 1 aromatic heterocycles. The van der Waals surface area contributed by atoms with Gasteiger partial charge in [-0.05, 0) is 112 Å². The Hall–Kier alpha value is -8.07. The average Bonchev–Trinajstić information content (AvgIpc) is 3.78. The highest BCUT2D eigenvalue weighted by Crippen LogP contribution is 2.44. The molecule has 4 atom stereocenters. The summed E-state index contributed by atoms with van der Waals surface area (Å²) in [7, 11) is 1.19. The number of rotatable bonds is 27. The number of para-hydroxylation sites is 1. The van der Waals surface area contributed by atoms with Crippen molar-refractivity contribution >= 4 is 70.4 Å². The molecule has 21 heteroatoms. The molecule has 1 heterocycles. The van der Waals surface area contributed by atoms with E-state index in [1.165, 1.54) is 21.0 Å². The van der Waals surface area contributed by atoms with Gasteiger partial charge >= 0.3 is 18.2 Å². The van der Waals surface area contributed by atoms with Gasteiger partial charge in [-0.1, -0.05) is 78.9 Å². The van der Waals surface area contributed by atoms with Crippen molar-refractivity contribution in [3.63, 3.8) is 0 Å². The molecular weight excluding hydrogens is 1060 g/mol. The van der Waals surface area contributed by atoms with Gasteiger partial charge in [-0.25, -0.2) is 14.4 Å². The number of hydrogen-bond donors (Lipinski definition) is 8. The first-order valence-corrected chi connectivity index (χ1v) is 28.0. The molecule has 20 nitrogen and oxygen atoms in total. The number of hydrogen-bond acceptors (Lipinski definition) is 13. The van der Waals surface area contributed by atoms with Gasteiger partial charge in [0.1, 0.15) is 48.7 Å². The number of alkyl carbamates (subject to hydrolysis) is 2. The van der Waals surface area contributed by atoms with E-state index < -0.39 is 70.4 Å². The molecule has 8 N–H and O–H groups in total. The zero-order valence-corrected chi connectivity index (χ0v) is 48.3. The van der Waals surface area contributed by atoms with Gasteiger partial charge in [0.05, 0.1) is 19.5 Å². The van der Waals surface area contributed by atoms with Crippen LogP contribution >= 0.6 is 11.8 Å². The first-order chi connectivity index (χ1) is 38.5. The number of esters is 1. The van der Waals surface area contributed by atoms with E-state index in [0.717, 1.165) is 50.5 Å². The summed E-state index contributed by atoms with van der Waals surface area (Å²) in [6.45, 7) is 14.0. The molecule has 0 fully saturated rings. The molecule has 0 unspecified atom stereocenters. The van der Waals surface area contributed by atoms with Crippen molar-refractivity contribution in [3.05, 3.63) is 125 Å². The molecule has 4 aromatic carbocycles. The molecule has 6 rings (SSSR count). The number of aromatic amines is 1. The summed E-state index contributed by atoms with van der Waals surface area (Å²) >= 11 is 1.16. The van der Waals surface area contributed by atoms with E-state index in [1.54, 1.807) is 65.1 Å². The minimum Gasteiger partial charge on any atom is -0.492 e. The number of H-pyrrole nitrogens is 1. The number of carbonyl (C=O) groups excluding carboxylic acids is 8. The standard InChI is InChI=1S/C60H76N8O12S/c1-36-17-16-22-42-40(33-63-51(36)42)32-49(67-58(76)79-34-47-45-20-12-10-18-43(45)44-19-11-13-21-46(44)47)54(72)65-48(23-14-15-28-61-37(2)69)53(71)68-52(60(7,8)81-35-64-38(3)70)55(73)66-50(56(74)77-9)31-39-24-26-41(27-25-39)78-30-29-62-57(75)80-59(4,5)6/h10-13,16-22,24-27,33,47-50,52,63H,14-15,23,28-32,34-35H2,1-9H3,(H,61,69)(H,62,75)(H,64,70)(H,65,72)(H,66,73)(H,67,76)(H,68,71)/t48-,49-,50-,52+/m0/s1. The van der Waals surface area contributed by atoms with Crippen LogP contribution in [0.25, 0.3) is 22.0 Å². The Morgan fingerprint density at radius 1 is 0.654 bits per heavy atom. The normalized spacial score (nSPS) is 13.4. The van der Waals surface area contributed by atoms with E-state index >= 15 is 0 Å². The van der Waals surface area contributed by atoms with Gasteiger partial charge < -0.3 is 61.1 Å². The third-order valence-electron chi connectivity index (χ3n) is 13.5. The second-order valence-electron chi connectivity index (χ2n) is 21.4. The molecule has 0 aliphatic heterocycles. The lowest BCUT2D eigenvalue weighted by Crippen LogP contribution is -2.62. The predicted molar refractivity (Wildman–Crippen MR) is 309 cm³/mol. The second-order valence-corrected chi connectivity index (χ2v) is 23.0. The molecular formula is C60H76N8O12S. The summed E-state index contributed by atoms with van der Waals surface area (Å²) < 4.78 is 20.9.